The maximum atomic E-state index is 12.3. The van der Waals surface area contributed by atoms with Crippen LogP contribution in [0.15, 0.2) is 48.8 Å². The van der Waals surface area contributed by atoms with E-state index in [9.17, 15) is 4.79 Å². The number of hydrogen-bond acceptors (Lipinski definition) is 3. The van der Waals surface area contributed by atoms with Gasteiger partial charge in [0.2, 0.25) is 0 Å². The average molecular weight is 412 g/mol. The van der Waals surface area contributed by atoms with Crippen molar-refractivity contribution in [3.05, 3.63) is 81.6 Å². The molecule has 29 heavy (non-hydrogen) atoms. The van der Waals surface area contributed by atoms with E-state index >= 15 is 0 Å². The molecule has 0 atom stereocenters. The molecule has 0 saturated heterocycles. The van der Waals surface area contributed by atoms with Gasteiger partial charge in [0, 0.05) is 29.9 Å². The molecule has 3 rings (SSSR count). The van der Waals surface area contributed by atoms with Crippen molar-refractivity contribution >= 4 is 17.5 Å². The molecule has 1 N–H and O–H groups in total. The Bertz CT molecular complexity index is 957. The van der Waals surface area contributed by atoms with Gasteiger partial charge in [0.15, 0.2) is 0 Å². The lowest BCUT2D eigenvalue weighted by molar-refractivity contribution is 0.0952. The lowest BCUT2D eigenvalue weighted by atomic mass is 10.1. The summed E-state index contributed by atoms with van der Waals surface area (Å²) in [5.74, 6) is 0.719. The van der Waals surface area contributed by atoms with Crippen LogP contribution in [0.1, 0.15) is 39.0 Å². The highest BCUT2D eigenvalue weighted by Crippen LogP contribution is 2.26. The molecule has 0 spiro atoms. The van der Waals surface area contributed by atoms with Gasteiger partial charge in [-0.25, -0.2) is 0 Å². The molecule has 1 amide bonds. The topological polar surface area (TPSA) is 56.2 Å². The minimum absolute atomic E-state index is 0.0712. The number of nitrogens with zero attached hydrogens (tertiary/aromatic N) is 2. The monoisotopic (exact) mass is 411 g/mol. The van der Waals surface area contributed by atoms with Gasteiger partial charge < -0.3 is 10.1 Å². The summed E-state index contributed by atoms with van der Waals surface area (Å²) in [4.78, 5) is 12.3. The molecule has 2 aromatic carbocycles. The number of nitrogens with one attached hydrogen (secondary N) is 1. The van der Waals surface area contributed by atoms with Gasteiger partial charge >= 0.3 is 0 Å². The van der Waals surface area contributed by atoms with Crippen LogP contribution in [0, 0.1) is 20.8 Å². The molecule has 1 aromatic heterocycles. The van der Waals surface area contributed by atoms with Gasteiger partial charge in [-0.2, -0.15) is 5.10 Å². The van der Waals surface area contributed by atoms with Crippen molar-refractivity contribution in [2.45, 2.75) is 40.3 Å². The second-order valence-electron chi connectivity index (χ2n) is 7.25. The van der Waals surface area contributed by atoms with Gasteiger partial charge in [-0.15, -0.1) is 0 Å². The molecule has 0 bridgehead atoms. The predicted molar refractivity (Wildman–Crippen MR) is 116 cm³/mol. The molecule has 6 heteroatoms. The number of halogens is 1. The van der Waals surface area contributed by atoms with E-state index in [1.165, 1.54) is 0 Å². The highest BCUT2D eigenvalue weighted by Gasteiger charge is 2.07. The Balaban J connectivity index is 1.46. The first kappa shape index (κ1) is 20.9. The number of aryl methyl sites for hydroxylation is 4. The largest absolute Gasteiger partial charge is 0.489 e. The zero-order valence-electron chi connectivity index (χ0n) is 17.0. The van der Waals surface area contributed by atoms with Crippen LogP contribution < -0.4 is 10.1 Å². The van der Waals surface area contributed by atoms with Crippen LogP contribution in [0.4, 0.5) is 0 Å². The molecule has 0 aliphatic heterocycles. The molecule has 5 nitrogen and oxygen atoms in total. The number of ether oxygens (including phenoxy) is 1. The summed E-state index contributed by atoms with van der Waals surface area (Å²) in [6.45, 7) is 7.77. The maximum Gasteiger partial charge on any atom is 0.251 e. The summed E-state index contributed by atoms with van der Waals surface area (Å²) in [5.41, 5.74) is 4.77. The molecular formula is C23H26ClN3O2. The number of amides is 1. The number of aromatic nitrogens is 2. The van der Waals surface area contributed by atoms with Crippen LogP contribution in [0.25, 0.3) is 0 Å². The van der Waals surface area contributed by atoms with Crippen LogP contribution in [0.2, 0.25) is 5.02 Å². The molecule has 1 heterocycles. The summed E-state index contributed by atoms with van der Waals surface area (Å²) < 4.78 is 7.75. The third-order valence-electron chi connectivity index (χ3n) is 4.64. The van der Waals surface area contributed by atoms with Crippen LogP contribution >= 0.6 is 11.6 Å². The summed E-state index contributed by atoms with van der Waals surface area (Å²) >= 11 is 6.19. The van der Waals surface area contributed by atoms with Crippen molar-refractivity contribution < 1.29 is 9.53 Å². The van der Waals surface area contributed by atoms with E-state index in [0.717, 1.165) is 46.0 Å². The van der Waals surface area contributed by atoms with Gasteiger partial charge in [0.25, 0.3) is 5.91 Å². The molecule has 0 unspecified atom stereocenters. The fourth-order valence-electron chi connectivity index (χ4n) is 3.04. The van der Waals surface area contributed by atoms with Crippen molar-refractivity contribution in [3.63, 3.8) is 0 Å². The standard InChI is InChI=1S/C23H26ClN3O2/c1-16-13-26-27(14-16)10-4-9-25-23(28)20-7-5-19(6-8-20)15-29-21-11-17(2)22(24)18(3)12-21/h5-8,11-14H,4,9-10,15H2,1-3H3,(H,25,28). The Hall–Kier alpha value is -2.79. The van der Waals surface area contributed by atoms with Crippen molar-refractivity contribution in [2.24, 2.45) is 0 Å². The fourth-order valence-corrected chi connectivity index (χ4v) is 3.15. The number of benzene rings is 2. The van der Waals surface area contributed by atoms with Crippen molar-refractivity contribution in [1.82, 2.24) is 15.1 Å². The molecule has 0 saturated carbocycles. The quantitative estimate of drug-likeness (QED) is 0.538. The minimum Gasteiger partial charge on any atom is -0.489 e. The van der Waals surface area contributed by atoms with Crippen molar-refractivity contribution in [1.29, 1.82) is 0 Å². The second-order valence-corrected chi connectivity index (χ2v) is 7.62. The van der Waals surface area contributed by atoms with E-state index in [2.05, 4.69) is 10.4 Å². The van der Waals surface area contributed by atoms with Gasteiger partial charge in [0.1, 0.15) is 12.4 Å². The molecular weight excluding hydrogens is 386 g/mol. The van der Waals surface area contributed by atoms with Gasteiger partial charge in [-0.05, 0) is 73.7 Å². The summed E-state index contributed by atoms with van der Waals surface area (Å²) in [6.07, 6.45) is 4.66. The van der Waals surface area contributed by atoms with Crippen LogP contribution in [0.3, 0.4) is 0 Å². The summed E-state index contributed by atoms with van der Waals surface area (Å²) in [7, 11) is 0. The number of carbonyl (C=O) groups is 1. The lowest BCUT2D eigenvalue weighted by Crippen LogP contribution is -2.25. The summed E-state index contributed by atoms with van der Waals surface area (Å²) in [5, 5.41) is 7.96. The molecule has 152 valence electrons. The van der Waals surface area contributed by atoms with E-state index in [-0.39, 0.29) is 5.91 Å². The zero-order chi connectivity index (χ0) is 20.8. The number of hydrogen-bond donors (Lipinski definition) is 1. The second kappa shape index (κ2) is 9.61. The molecule has 3 aromatic rings. The Morgan fingerprint density at radius 2 is 1.83 bits per heavy atom. The van der Waals surface area contributed by atoms with E-state index in [1.807, 2.05) is 74.2 Å². The Labute approximate surface area is 176 Å². The predicted octanol–water partition coefficient (Wildman–Crippen LogP) is 4.86. The van der Waals surface area contributed by atoms with Gasteiger partial charge in [-0.1, -0.05) is 23.7 Å². The van der Waals surface area contributed by atoms with Crippen molar-refractivity contribution in [3.8, 4) is 5.75 Å². The van der Waals surface area contributed by atoms with Gasteiger partial charge in [-0.3, -0.25) is 9.48 Å². The van der Waals surface area contributed by atoms with E-state index < -0.39 is 0 Å². The lowest BCUT2D eigenvalue weighted by Gasteiger charge is -2.11. The van der Waals surface area contributed by atoms with Crippen LogP contribution in [-0.2, 0) is 13.2 Å². The van der Waals surface area contributed by atoms with Crippen LogP contribution in [0.5, 0.6) is 5.75 Å². The maximum absolute atomic E-state index is 12.3. The molecule has 0 aliphatic carbocycles. The third kappa shape index (κ3) is 5.84. The first-order chi connectivity index (χ1) is 13.9. The number of carbonyl (C=O) groups excluding carboxylic acids is 1. The Kier molecular flexibility index (Phi) is 6.94. The van der Waals surface area contributed by atoms with E-state index in [1.54, 1.807) is 0 Å². The van der Waals surface area contributed by atoms with Gasteiger partial charge in [0.05, 0.1) is 6.20 Å². The minimum atomic E-state index is -0.0712. The Morgan fingerprint density at radius 3 is 2.45 bits per heavy atom. The zero-order valence-corrected chi connectivity index (χ0v) is 17.8. The third-order valence-corrected chi connectivity index (χ3v) is 5.24. The van der Waals surface area contributed by atoms with E-state index in [4.69, 9.17) is 16.3 Å². The smallest absolute Gasteiger partial charge is 0.251 e. The SMILES string of the molecule is Cc1cnn(CCCNC(=O)c2ccc(COc3cc(C)c(Cl)c(C)c3)cc2)c1. The molecule has 0 fully saturated rings. The fraction of sp³-hybridized carbons (Fsp3) is 0.304. The van der Waals surface area contributed by atoms with Crippen molar-refractivity contribution in [2.75, 3.05) is 6.54 Å². The highest BCUT2D eigenvalue weighted by molar-refractivity contribution is 6.32. The molecule has 0 radical (unpaired) electrons. The first-order valence-electron chi connectivity index (χ1n) is 9.68. The highest BCUT2D eigenvalue weighted by atomic mass is 35.5. The summed E-state index contributed by atoms with van der Waals surface area (Å²) in [6, 6.07) is 11.3. The average Bonchev–Trinajstić information content (AvgIpc) is 3.13. The molecule has 0 aliphatic rings. The normalized spacial score (nSPS) is 10.8. The van der Waals surface area contributed by atoms with Crippen LogP contribution in [-0.4, -0.2) is 22.2 Å². The van der Waals surface area contributed by atoms with E-state index in [0.29, 0.717) is 18.7 Å². The first-order valence-corrected chi connectivity index (χ1v) is 10.1. The Morgan fingerprint density at radius 1 is 1.14 bits per heavy atom. The number of rotatable bonds is 8.